The standard InChI is InChI=1S/C12H15N3S/c1-2-13-12(8-11-4-3-7-16-11)10-5-6-14-15-9-10/h3-7,9,12-13H,2,8H2,1H3. The van der Waals surface area contributed by atoms with Crippen LogP contribution < -0.4 is 5.32 Å². The summed E-state index contributed by atoms with van der Waals surface area (Å²) in [5.74, 6) is 0. The maximum atomic E-state index is 3.93. The number of likely N-dealkylation sites (N-methyl/N-ethyl adjacent to an activating group) is 1. The Balaban J connectivity index is 2.11. The van der Waals surface area contributed by atoms with Gasteiger partial charge in [-0.2, -0.15) is 10.2 Å². The second-order valence-corrected chi connectivity index (χ2v) is 4.60. The van der Waals surface area contributed by atoms with E-state index in [-0.39, 0.29) is 0 Å². The molecule has 0 aliphatic heterocycles. The molecule has 0 spiro atoms. The monoisotopic (exact) mass is 233 g/mol. The van der Waals surface area contributed by atoms with Crippen molar-refractivity contribution in [2.24, 2.45) is 0 Å². The Hall–Kier alpha value is -1.26. The zero-order chi connectivity index (χ0) is 11.2. The van der Waals surface area contributed by atoms with Crippen LogP contribution in [-0.2, 0) is 6.42 Å². The molecule has 0 saturated heterocycles. The van der Waals surface area contributed by atoms with Crippen LogP contribution in [0.15, 0.2) is 36.0 Å². The third-order valence-corrected chi connectivity index (χ3v) is 3.34. The van der Waals surface area contributed by atoms with Gasteiger partial charge < -0.3 is 5.32 Å². The Morgan fingerprint density at radius 3 is 2.94 bits per heavy atom. The third kappa shape index (κ3) is 2.87. The Kier molecular flexibility index (Phi) is 4.02. The minimum atomic E-state index is 0.333. The molecule has 0 aliphatic rings. The smallest absolute Gasteiger partial charge is 0.0544 e. The van der Waals surface area contributed by atoms with Gasteiger partial charge in [-0.1, -0.05) is 13.0 Å². The van der Waals surface area contributed by atoms with Crippen molar-refractivity contribution in [3.05, 3.63) is 46.4 Å². The maximum absolute atomic E-state index is 3.93. The predicted octanol–water partition coefficient (Wildman–Crippen LogP) is 2.43. The van der Waals surface area contributed by atoms with Crippen LogP contribution in [0.1, 0.15) is 23.4 Å². The lowest BCUT2D eigenvalue weighted by atomic mass is 10.1. The molecule has 84 valence electrons. The van der Waals surface area contributed by atoms with Crippen LogP contribution in [0.4, 0.5) is 0 Å². The van der Waals surface area contributed by atoms with E-state index in [2.05, 4.69) is 40.0 Å². The molecule has 0 amide bonds. The zero-order valence-electron chi connectivity index (χ0n) is 9.26. The van der Waals surface area contributed by atoms with Crippen LogP contribution in [0.2, 0.25) is 0 Å². The summed E-state index contributed by atoms with van der Waals surface area (Å²) in [6.45, 7) is 3.08. The fourth-order valence-electron chi connectivity index (χ4n) is 1.69. The molecule has 2 rings (SSSR count). The lowest BCUT2D eigenvalue weighted by Crippen LogP contribution is -2.22. The van der Waals surface area contributed by atoms with Crippen LogP contribution in [0.25, 0.3) is 0 Å². The van der Waals surface area contributed by atoms with Crippen LogP contribution in [0, 0.1) is 0 Å². The summed E-state index contributed by atoms with van der Waals surface area (Å²) in [5.41, 5.74) is 1.20. The van der Waals surface area contributed by atoms with Crippen molar-refractivity contribution in [2.75, 3.05) is 6.54 Å². The number of hydrogen-bond donors (Lipinski definition) is 1. The van der Waals surface area contributed by atoms with E-state index in [4.69, 9.17) is 0 Å². The van der Waals surface area contributed by atoms with Gasteiger partial charge in [-0.3, -0.25) is 0 Å². The summed E-state index contributed by atoms with van der Waals surface area (Å²) in [7, 11) is 0. The van der Waals surface area contributed by atoms with Gasteiger partial charge in [0.25, 0.3) is 0 Å². The van der Waals surface area contributed by atoms with Gasteiger partial charge in [0.1, 0.15) is 0 Å². The molecule has 2 heterocycles. The van der Waals surface area contributed by atoms with Crippen molar-refractivity contribution in [2.45, 2.75) is 19.4 Å². The van der Waals surface area contributed by atoms with Crippen molar-refractivity contribution in [3.63, 3.8) is 0 Å². The highest BCUT2D eigenvalue weighted by atomic mass is 32.1. The highest BCUT2D eigenvalue weighted by molar-refractivity contribution is 7.09. The Bertz CT molecular complexity index is 399. The van der Waals surface area contributed by atoms with Gasteiger partial charge in [0.05, 0.1) is 6.20 Å². The van der Waals surface area contributed by atoms with Crippen molar-refractivity contribution < 1.29 is 0 Å². The molecule has 0 fully saturated rings. The minimum Gasteiger partial charge on any atom is -0.310 e. The lowest BCUT2D eigenvalue weighted by Gasteiger charge is -2.16. The van der Waals surface area contributed by atoms with Crippen molar-refractivity contribution >= 4 is 11.3 Å². The molecule has 1 atom stereocenters. The summed E-state index contributed by atoms with van der Waals surface area (Å²) in [4.78, 5) is 1.39. The largest absolute Gasteiger partial charge is 0.310 e. The van der Waals surface area contributed by atoms with E-state index in [9.17, 15) is 0 Å². The van der Waals surface area contributed by atoms with Crippen LogP contribution in [0.5, 0.6) is 0 Å². The maximum Gasteiger partial charge on any atom is 0.0544 e. The molecular weight excluding hydrogens is 218 g/mol. The molecule has 0 aliphatic carbocycles. The SMILES string of the molecule is CCNC(Cc1cccs1)c1ccnnc1. The van der Waals surface area contributed by atoms with Gasteiger partial charge in [0.15, 0.2) is 0 Å². The summed E-state index contributed by atoms with van der Waals surface area (Å²) >= 11 is 1.80. The summed E-state index contributed by atoms with van der Waals surface area (Å²) in [6.07, 6.45) is 4.59. The Labute approximate surface area is 99.5 Å². The summed E-state index contributed by atoms with van der Waals surface area (Å²) in [6, 6.07) is 6.62. The molecule has 2 aromatic heterocycles. The van der Waals surface area contributed by atoms with Gasteiger partial charge in [0, 0.05) is 23.5 Å². The molecular formula is C12H15N3S. The van der Waals surface area contributed by atoms with Crippen molar-refractivity contribution in [1.82, 2.24) is 15.5 Å². The molecule has 4 heteroatoms. The molecule has 0 bridgehead atoms. The molecule has 0 aromatic carbocycles. The van der Waals surface area contributed by atoms with Gasteiger partial charge >= 0.3 is 0 Å². The van der Waals surface area contributed by atoms with E-state index in [0.29, 0.717) is 6.04 Å². The van der Waals surface area contributed by atoms with Crippen LogP contribution >= 0.6 is 11.3 Å². The molecule has 2 aromatic rings. The predicted molar refractivity (Wildman–Crippen MR) is 66.5 cm³/mol. The summed E-state index contributed by atoms with van der Waals surface area (Å²) in [5, 5.41) is 13.3. The first-order chi connectivity index (χ1) is 7.90. The topological polar surface area (TPSA) is 37.8 Å². The van der Waals surface area contributed by atoms with E-state index in [1.165, 1.54) is 10.4 Å². The van der Waals surface area contributed by atoms with Crippen LogP contribution in [0.3, 0.4) is 0 Å². The number of nitrogens with zero attached hydrogens (tertiary/aromatic N) is 2. The molecule has 1 N–H and O–H groups in total. The van der Waals surface area contributed by atoms with Crippen molar-refractivity contribution in [1.29, 1.82) is 0 Å². The molecule has 16 heavy (non-hydrogen) atoms. The fraction of sp³-hybridized carbons (Fsp3) is 0.333. The highest BCUT2D eigenvalue weighted by Crippen LogP contribution is 2.20. The quantitative estimate of drug-likeness (QED) is 0.862. The first-order valence-corrected chi connectivity index (χ1v) is 6.30. The van der Waals surface area contributed by atoms with E-state index in [1.54, 1.807) is 17.5 Å². The molecule has 0 saturated carbocycles. The molecule has 0 radical (unpaired) electrons. The molecule has 3 nitrogen and oxygen atoms in total. The van der Waals surface area contributed by atoms with E-state index >= 15 is 0 Å². The Morgan fingerprint density at radius 1 is 1.38 bits per heavy atom. The zero-order valence-corrected chi connectivity index (χ0v) is 10.1. The minimum absolute atomic E-state index is 0.333. The lowest BCUT2D eigenvalue weighted by molar-refractivity contribution is 0.550. The van der Waals surface area contributed by atoms with Gasteiger partial charge in [-0.15, -0.1) is 11.3 Å². The number of aromatic nitrogens is 2. The second kappa shape index (κ2) is 5.72. The highest BCUT2D eigenvalue weighted by Gasteiger charge is 2.11. The average Bonchev–Trinajstić information content (AvgIpc) is 2.83. The van der Waals surface area contributed by atoms with Crippen LogP contribution in [-0.4, -0.2) is 16.7 Å². The van der Waals surface area contributed by atoms with E-state index in [1.807, 2.05) is 12.3 Å². The van der Waals surface area contributed by atoms with Gasteiger partial charge in [-0.25, -0.2) is 0 Å². The second-order valence-electron chi connectivity index (χ2n) is 3.57. The van der Waals surface area contributed by atoms with Gasteiger partial charge in [0.2, 0.25) is 0 Å². The van der Waals surface area contributed by atoms with E-state index < -0.39 is 0 Å². The average molecular weight is 233 g/mol. The number of nitrogens with one attached hydrogen (secondary N) is 1. The van der Waals surface area contributed by atoms with Gasteiger partial charge in [-0.05, 0) is 29.6 Å². The first kappa shape index (κ1) is 11.2. The first-order valence-electron chi connectivity index (χ1n) is 5.42. The van der Waals surface area contributed by atoms with E-state index in [0.717, 1.165) is 13.0 Å². The number of hydrogen-bond acceptors (Lipinski definition) is 4. The third-order valence-electron chi connectivity index (χ3n) is 2.45. The number of thiophene rings is 1. The fourth-order valence-corrected chi connectivity index (χ4v) is 2.44. The van der Waals surface area contributed by atoms with Crippen molar-refractivity contribution in [3.8, 4) is 0 Å². The Morgan fingerprint density at radius 2 is 2.31 bits per heavy atom. The normalized spacial score (nSPS) is 12.6. The summed E-state index contributed by atoms with van der Waals surface area (Å²) < 4.78 is 0. The molecule has 1 unspecified atom stereocenters. The number of rotatable bonds is 5.